The number of carbonyl (C=O) groups is 1. The Morgan fingerprint density at radius 3 is 2.54 bits per heavy atom. The molecule has 0 fully saturated rings. The van der Waals surface area contributed by atoms with Gasteiger partial charge in [-0.3, -0.25) is 14.5 Å². The van der Waals surface area contributed by atoms with E-state index in [1.54, 1.807) is 0 Å². The maximum atomic E-state index is 12.4. The van der Waals surface area contributed by atoms with Gasteiger partial charge >= 0.3 is 0 Å². The molecular weight excluding hydrogens is 326 g/mol. The van der Waals surface area contributed by atoms with Gasteiger partial charge < -0.3 is 5.32 Å². The van der Waals surface area contributed by atoms with Crippen LogP contribution in [0.3, 0.4) is 0 Å². The lowest BCUT2D eigenvalue weighted by Crippen LogP contribution is -2.30. The van der Waals surface area contributed by atoms with Gasteiger partial charge in [0.2, 0.25) is 0 Å². The van der Waals surface area contributed by atoms with Crippen LogP contribution >= 0.6 is 0 Å². The predicted octanol–water partition coefficient (Wildman–Crippen LogP) is 3.15. The first-order valence-corrected chi connectivity index (χ1v) is 9.13. The molecule has 138 valence electrons. The van der Waals surface area contributed by atoms with Crippen LogP contribution in [-0.4, -0.2) is 34.5 Å². The maximum Gasteiger partial charge on any atom is 0.251 e. The third-order valence-corrected chi connectivity index (χ3v) is 4.60. The van der Waals surface area contributed by atoms with Crippen LogP contribution in [0.2, 0.25) is 0 Å². The maximum absolute atomic E-state index is 12.4. The zero-order valence-corrected chi connectivity index (χ0v) is 16.0. The van der Waals surface area contributed by atoms with Gasteiger partial charge in [0, 0.05) is 43.0 Å². The summed E-state index contributed by atoms with van der Waals surface area (Å²) in [6, 6.07) is 9.70. The van der Waals surface area contributed by atoms with Crippen molar-refractivity contribution in [3.8, 4) is 0 Å². The van der Waals surface area contributed by atoms with Gasteiger partial charge in [-0.15, -0.1) is 0 Å². The van der Waals surface area contributed by atoms with Gasteiger partial charge in [-0.1, -0.05) is 6.92 Å². The highest BCUT2D eigenvalue weighted by atomic mass is 16.1. The number of nitrogens with zero attached hydrogens (tertiary/aromatic N) is 4. The van der Waals surface area contributed by atoms with Crippen LogP contribution in [0.15, 0.2) is 35.4 Å². The van der Waals surface area contributed by atoms with Crippen molar-refractivity contribution >= 4 is 17.3 Å². The van der Waals surface area contributed by atoms with E-state index >= 15 is 0 Å². The number of aromatic nitrogens is 2. The van der Waals surface area contributed by atoms with E-state index in [9.17, 15) is 4.79 Å². The van der Waals surface area contributed by atoms with Crippen LogP contribution in [0.5, 0.6) is 0 Å². The second-order valence-electron chi connectivity index (χ2n) is 7.18. The highest BCUT2D eigenvalue weighted by molar-refractivity contribution is 5.94. The first-order valence-electron chi connectivity index (χ1n) is 9.13. The fourth-order valence-electron chi connectivity index (χ4n) is 3.13. The highest BCUT2D eigenvalue weighted by Gasteiger charge is 2.14. The van der Waals surface area contributed by atoms with Crippen molar-refractivity contribution in [1.29, 1.82) is 0 Å². The SMILES string of the molecule is CC1=NN(c2ccc(C(=O)NC[C@@H](C)Cn3nc(C)cc3C)cc2)CC1. The molecule has 1 atom stereocenters. The van der Waals surface area contributed by atoms with Crippen LogP contribution in [0.25, 0.3) is 0 Å². The second kappa shape index (κ2) is 7.72. The number of hydrogen-bond donors (Lipinski definition) is 1. The molecular formula is C20H27N5O. The first kappa shape index (κ1) is 18.2. The average molecular weight is 353 g/mol. The number of rotatable bonds is 6. The molecule has 6 nitrogen and oxygen atoms in total. The third-order valence-electron chi connectivity index (χ3n) is 4.60. The Hall–Kier alpha value is -2.63. The zero-order valence-electron chi connectivity index (χ0n) is 16.0. The fourth-order valence-corrected chi connectivity index (χ4v) is 3.13. The van der Waals surface area contributed by atoms with Crippen LogP contribution < -0.4 is 10.3 Å². The van der Waals surface area contributed by atoms with Crippen molar-refractivity contribution in [2.75, 3.05) is 18.1 Å². The Bertz CT molecular complexity index is 806. The lowest BCUT2D eigenvalue weighted by Gasteiger charge is -2.15. The fraction of sp³-hybridized carbons (Fsp3) is 0.450. The van der Waals surface area contributed by atoms with E-state index in [1.807, 2.05) is 47.8 Å². The number of anilines is 1. The van der Waals surface area contributed by atoms with Crippen molar-refractivity contribution in [2.24, 2.45) is 11.0 Å². The summed E-state index contributed by atoms with van der Waals surface area (Å²) in [4.78, 5) is 12.4. The van der Waals surface area contributed by atoms with Crippen LogP contribution in [0, 0.1) is 19.8 Å². The van der Waals surface area contributed by atoms with E-state index in [-0.39, 0.29) is 5.91 Å². The van der Waals surface area contributed by atoms with Gasteiger partial charge in [-0.05, 0) is 57.0 Å². The van der Waals surface area contributed by atoms with Crippen molar-refractivity contribution in [2.45, 2.75) is 40.7 Å². The molecule has 0 aliphatic carbocycles. The minimum Gasteiger partial charge on any atom is -0.352 e. The molecule has 26 heavy (non-hydrogen) atoms. The molecule has 1 N–H and O–H groups in total. The Balaban J connectivity index is 1.52. The summed E-state index contributed by atoms with van der Waals surface area (Å²) >= 11 is 0. The summed E-state index contributed by atoms with van der Waals surface area (Å²) < 4.78 is 2.00. The minimum absolute atomic E-state index is 0.0436. The highest BCUT2D eigenvalue weighted by Crippen LogP contribution is 2.19. The Kier molecular flexibility index (Phi) is 5.40. The number of hydrazone groups is 1. The molecule has 0 unspecified atom stereocenters. The van der Waals surface area contributed by atoms with Gasteiger partial charge in [0.15, 0.2) is 0 Å². The van der Waals surface area contributed by atoms with E-state index in [4.69, 9.17) is 0 Å². The Labute approximate surface area is 154 Å². The largest absolute Gasteiger partial charge is 0.352 e. The molecule has 0 bridgehead atoms. The summed E-state index contributed by atoms with van der Waals surface area (Å²) in [5.74, 6) is 0.260. The molecule has 2 aromatic rings. The summed E-state index contributed by atoms with van der Waals surface area (Å²) in [5, 5.41) is 14.0. The molecule has 1 aromatic carbocycles. The van der Waals surface area contributed by atoms with E-state index in [2.05, 4.69) is 35.4 Å². The topological polar surface area (TPSA) is 62.5 Å². The normalized spacial score (nSPS) is 15.1. The average Bonchev–Trinajstić information content (AvgIpc) is 3.18. The molecule has 3 rings (SSSR count). The molecule has 0 saturated heterocycles. The van der Waals surface area contributed by atoms with Crippen LogP contribution in [0.4, 0.5) is 5.69 Å². The van der Waals surface area contributed by atoms with Crippen molar-refractivity contribution in [3.63, 3.8) is 0 Å². The van der Waals surface area contributed by atoms with E-state index < -0.39 is 0 Å². The van der Waals surface area contributed by atoms with E-state index in [1.165, 1.54) is 0 Å². The standard InChI is InChI=1S/C20H27N5O/c1-14(13-25-17(4)11-16(3)23-25)12-21-20(26)18-5-7-19(8-6-18)24-10-9-15(2)22-24/h5-8,11,14H,9-10,12-13H2,1-4H3,(H,21,26)/t14-/m1/s1. The monoisotopic (exact) mass is 353 g/mol. The van der Waals surface area contributed by atoms with Crippen molar-refractivity contribution in [1.82, 2.24) is 15.1 Å². The van der Waals surface area contributed by atoms with Gasteiger partial charge in [0.25, 0.3) is 5.91 Å². The zero-order chi connectivity index (χ0) is 18.7. The second-order valence-corrected chi connectivity index (χ2v) is 7.18. The van der Waals surface area contributed by atoms with Gasteiger partial charge in [-0.25, -0.2) is 0 Å². The number of aryl methyl sites for hydroxylation is 2. The molecule has 1 aromatic heterocycles. The number of benzene rings is 1. The molecule has 0 radical (unpaired) electrons. The molecule has 1 aliphatic rings. The smallest absolute Gasteiger partial charge is 0.251 e. The molecule has 1 amide bonds. The van der Waals surface area contributed by atoms with Crippen molar-refractivity contribution in [3.05, 3.63) is 47.3 Å². The van der Waals surface area contributed by atoms with Crippen LogP contribution in [-0.2, 0) is 6.54 Å². The Morgan fingerprint density at radius 1 is 1.23 bits per heavy atom. The number of carbonyl (C=O) groups excluding carboxylic acids is 1. The Morgan fingerprint density at radius 2 is 1.96 bits per heavy atom. The summed E-state index contributed by atoms with van der Waals surface area (Å²) in [6.07, 6.45) is 0.995. The quantitative estimate of drug-likeness (QED) is 0.868. The molecule has 0 spiro atoms. The number of hydrogen-bond acceptors (Lipinski definition) is 4. The predicted molar refractivity (Wildman–Crippen MR) is 105 cm³/mol. The summed E-state index contributed by atoms with van der Waals surface area (Å²) in [5.41, 5.74) is 5.01. The molecule has 1 aliphatic heterocycles. The third kappa shape index (κ3) is 4.31. The molecule has 2 heterocycles. The van der Waals surface area contributed by atoms with E-state index in [0.717, 1.165) is 42.3 Å². The lowest BCUT2D eigenvalue weighted by molar-refractivity contribution is 0.0946. The first-order chi connectivity index (χ1) is 12.4. The van der Waals surface area contributed by atoms with E-state index in [0.29, 0.717) is 18.0 Å². The summed E-state index contributed by atoms with van der Waals surface area (Å²) in [7, 11) is 0. The lowest BCUT2D eigenvalue weighted by atomic mass is 10.1. The summed E-state index contributed by atoms with van der Waals surface area (Å²) in [6.45, 7) is 10.5. The number of amides is 1. The molecule has 0 saturated carbocycles. The van der Waals surface area contributed by atoms with Crippen LogP contribution in [0.1, 0.15) is 42.0 Å². The van der Waals surface area contributed by atoms with Crippen molar-refractivity contribution < 1.29 is 4.79 Å². The molecule has 6 heteroatoms. The van der Waals surface area contributed by atoms with Gasteiger partial charge in [-0.2, -0.15) is 10.2 Å². The number of nitrogens with one attached hydrogen (secondary N) is 1. The van der Waals surface area contributed by atoms with Gasteiger partial charge in [0.1, 0.15) is 0 Å². The van der Waals surface area contributed by atoms with Gasteiger partial charge in [0.05, 0.1) is 11.4 Å². The minimum atomic E-state index is -0.0436.